The highest BCUT2D eigenvalue weighted by Gasteiger charge is 2.34. The zero-order chi connectivity index (χ0) is 20.1. The van der Waals surface area contributed by atoms with Crippen LogP contribution in [0.2, 0.25) is 0 Å². The molecule has 0 radical (unpaired) electrons. The van der Waals surface area contributed by atoms with Gasteiger partial charge in [-0.05, 0) is 37.2 Å². The molecule has 28 heavy (non-hydrogen) atoms. The zero-order valence-electron chi connectivity index (χ0n) is 15.7. The molecular formula is C19H26F3N5S. The van der Waals surface area contributed by atoms with Crippen molar-refractivity contribution in [1.82, 2.24) is 10.3 Å². The number of rotatable bonds is 4. The van der Waals surface area contributed by atoms with Gasteiger partial charge in [0, 0.05) is 43.5 Å². The molecule has 154 valence electrons. The van der Waals surface area contributed by atoms with E-state index in [0.29, 0.717) is 11.7 Å². The molecule has 0 spiro atoms. The Morgan fingerprint density at radius 2 is 1.82 bits per heavy atom. The largest absolute Gasteiger partial charge is 0.417 e. The summed E-state index contributed by atoms with van der Waals surface area (Å²) in [4.78, 5) is 4.53. The smallest absolute Gasteiger partial charge is 0.375 e. The minimum atomic E-state index is -4.47. The summed E-state index contributed by atoms with van der Waals surface area (Å²) in [7, 11) is 0. The van der Waals surface area contributed by atoms with E-state index in [0.717, 1.165) is 32.4 Å². The van der Waals surface area contributed by atoms with Crippen molar-refractivity contribution in [3.8, 4) is 0 Å². The Balaban J connectivity index is 1.70. The molecule has 3 N–H and O–H groups in total. The maximum atomic E-state index is 13.5. The lowest BCUT2D eigenvalue weighted by atomic mass is 9.94. The van der Waals surface area contributed by atoms with Crippen LogP contribution in [0.25, 0.3) is 0 Å². The van der Waals surface area contributed by atoms with Crippen molar-refractivity contribution < 1.29 is 13.2 Å². The zero-order valence-corrected chi connectivity index (χ0v) is 16.5. The van der Waals surface area contributed by atoms with Gasteiger partial charge in [-0.1, -0.05) is 25.3 Å². The molecule has 0 amide bonds. The number of anilines is 1. The summed E-state index contributed by atoms with van der Waals surface area (Å²) in [6.07, 6.45) is 2.99. The Labute approximate surface area is 168 Å². The van der Waals surface area contributed by atoms with Crippen molar-refractivity contribution >= 4 is 29.2 Å². The van der Waals surface area contributed by atoms with Gasteiger partial charge in [-0.3, -0.25) is 10.3 Å². The number of nitrogens with zero attached hydrogens (tertiary/aromatic N) is 3. The number of thiocarbonyl (C=S) groups is 1. The molecule has 1 aliphatic heterocycles. The number of benzene rings is 1. The quantitative estimate of drug-likeness (QED) is 0.451. The van der Waals surface area contributed by atoms with Gasteiger partial charge in [-0.15, -0.1) is 0 Å². The molecule has 1 aromatic rings. The number of nitrogens with two attached hydrogens (primary N) is 1. The molecule has 0 bridgehead atoms. The van der Waals surface area contributed by atoms with Crippen molar-refractivity contribution in [3.63, 3.8) is 0 Å². The fourth-order valence-corrected chi connectivity index (χ4v) is 4.11. The lowest BCUT2D eigenvalue weighted by molar-refractivity contribution is -0.137. The van der Waals surface area contributed by atoms with Gasteiger partial charge in [0.05, 0.1) is 11.8 Å². The normalized spacial score (nSPS) is 19.9. The summed E-state index contributed by atoms with van der Waals surface area (Å²) in [6, 6.07) is 5.00. The minimum absolute atomic E-state index is 0.0270. The van der Waals surface area contributed by atoms with E-state index in [2.05, 4.69) is 27.6 Å². The molecule has 1 heterocycles. The molecule has 0 aromatic heterocycles. The number of hydrazone groups is 1. The number of hydrogen-bond acceptors (Lipinski definition) is 4. The van der Waals surface area contributed by atoms with E-state index >= 15 is 0 Å². The first kappa shape index (κ1) is 20.9. The van der Waals surface area contributed by atoms with Gasteiger partial charge < -0.3 is 10.6 Å². The van der Waals surface area contributed by atoms with Gasteiger partial charge >= 0.3 is 6.18 Å². The number of hydrogen-bond donors (Lipinski definition) is 2. The maximum absolute atomic E-state index is 13.5. The summed E-state index contributed by atoms with van der Waals surface area (Å²) < 4.78 is 40.6. The van der Waals surface area contributed by atoms with E-state index in [-0.39, 0.29) is 10.7 Å². The molecule has 3 rings (SSSR count). The lowest BCUT2D eigenvalue weighted by Gasteiger charge is -2.41. The fourth-order valence-electron chi connectivity index (χ4n) is 4.06. The molecule has 1 saturated carbocycles. The molecule has 1 saturated heterocycles. The van der Waals surface area contributed by atoms with Crippen molar-refractivity contribution in [2.75, 3.05) is 31.1 Å². The predicted octanol–water partition coefficient (Wildman–Crippen LogP) is 3.33. The molecule has 2 fully saturated rings. The molecule has 1 aliphatic carbocycles. The second-order valence-electron chi connectivity index (χ2n) is 7.32. The standard InChI is InChI=1S/C19H26F3N5S/c20-19(21,22)17-12-16(7-6-14(17)13-24-25-18(23)28)27-10-8-26(9-11-27)15-4-2-1-3-5-15/h6-7,12-13,15H,1-5,8-11H2,(H3,23,25,28). The van der Waals surface area contributed by atoms with E-state index in [4.69, 9.17) is 5.73 Å². The topological polar surface area (TPSA) is 56.9 Å². The van der Waals surface area contributed by atoms with Crippen molar-refractivity contribution in [3.05, 3.63) is 29.3 Å². The van der Waals surface area contributed by atoms with Crippen molar-refractivity contribution in [2.45, 2.75) is 44.3 Å². The van der Waals surface area contributed by atoms with Crippen LogP contribution in [-0.4, -0.2) is 48.4 Å². The highest BCUT2D eigenvalue weighted by Crippen LogP contribution is 2.34. The van der Waals surface area contributed by atoms with E-state index in [1.165, 1.54) is 44.2 Å². The first-order valence-corrected chi connectivity index (χ1v) is 10.0. The van der Waals surface area contributed by atoms with Gasteiger partial charge in [0.1, 0.15) is 0 Å². The highest BCUT2D eigenvalue weighted by atomic mass is 32.1. The van der Waals surface area contributed by atoms with Crippen LogP contribution in [0.5, 0.6) is 0 Å². The monoisotopic (exact) mass is 413 g/mol. The van der Waals surface area contributed by atoms with Crippen LogP contribution in [0.15, 0.2) is 23.3 Å². The van der Waals surface area contributed by atoms with Crippen LogP contribution in [0.4, 0.5) is 18.9 Å². The lowest BCUT2D eigenvalue weighted by Crippen LogP contribution is -2.50. The third kappa shape index (κ3) is 5.35. The number of alkyl halides is 3. The number of nitrogens with one attached hydrogen (secondary N) is 1. The van der Waals surface area contributed by atoms with E-state index in [1.807, 2.05) is 4.90 Å². The number of piperazine rings is 1. The molecule has 0 atom stereocenters. The Morgan fingerprint density at radius 1 is 1.14 bits per heavy atom. The Hall–Kier alpha value is -1.87. The van der Waals surface area contributed by atoms with Gasteiger partial charge in [0.25, 0.3) is 0 Å². The van der Waals surface area contributed by atoms with Crippen molar-refractivity contribution in [2.24, 2.45) is 10.8 Å². The predicted molar refractivity (Wildman–Crippen MR) is 110 cm³/mol. The summed E-state index contributed by atoms with van der Waals surface area (Å²) in [6.45, 7) is 3.27. The van der Waals surface area contributed by atoms with E-state index in [1.54, 1.807) is 6.07 Å². The van der Waals surface area contributed by atoms with Crippen LogP contribution in [0.1, 0.15) is 43.2 Å². The van der Waals surface area contributed by atoms with E-state index < -0.39 is 11.7 Å². The molecule has 1 aromatic carbocycles. The van der Waals surface area contributed by atoms with Gasteiger partial charge in [0.2, 0.25) is 0 Å². The maximum Gasteiger partial charge on any atom is 0.417 e. The summed E-state index contributed by atoms with van der Waals surface area (Å²) in [5.74, 6) is 0. The van der Waals surface area contributed by atoms with Crippen LogP contribution < -0.4 is 16.1 Å². The van der Waals surface area contributed by atoms with Crippen LogP contribution in [-0.2, 0) is 6.18 Å². The van der Waals surface area contributed by atoms with Crippen LogP contribution in [0.3, 0.4) is 0 Å². The molecular weight excluding hydrogens is 387 g/mol. The molecule has 0 unspecified atom stereocenters. The van der Waals surface area contributed by atoms with Crippen LogP contribution >= 0.6 is 12.2 Å². The SMILES string of the molecule is NC(=S)NN=Cc1ccc(N2CCN(C3CCCCC3)CC2)cc1C(F)(F)F. The first-order chi connectivity index (χ1) is 13.3. The van der Waals surface area contributed by atoms with E-state index in [9.17, 15) is 13.2 Å². The third-order valence-electron chi connectivity index (χ3n) is 5.49. The summed E-state index contributed by atoms with van der Waals surface area (Å²) in [5.41, 5.74) is 7.37. The second kappa shape index (κ2) is 9.09. The fraction of sp³-hybridized carbons (Fsp3) is 0.579. The Bertz CT molecular complexity index is 708. The average Bonchev–Trinajstić information content (AvgIpc) is 2.68. The van der Waals surface area contributed by atoms with Gasteiger partial charge in [0.15, 0.2) is 5.11 Å². The Morgan fingerprint density at radius 3 is 2.43 bits per heavy atom. The van der Waals surface area contributed by atoms with Crippen LogP contribution in [0, 0.1) is 0 Å². The molecule has 2 aliphatic rings. The summed E-state index contributed by atoms with van der Waals surface area (Å²) in [5, 5.41) is 3.56. The Kier molecular flexibility index (Phi) is 6.77. The first-order valence-electron chi connectivity index (χ1n) is 9.63. The number of halogens is 3. The van der Waals surface area contributed by atoms with Gasteiger partial charge in [-0.25, -0.2) is 0 Å². The summed E-state index contributed by atoms with van der Waals surface area (Å²) >= 11 is 4.60. The molecule has 9 heteroatoms. The minimum Gasteiger partial charge on any atom is -0.375 e. The highest BCUT2D eigenvalue weighted by molar-refractivity contribution is 7.80. The third-order valence-corrected chi connectivity index (χ3v) is 5.58. The second-order valence-corrected chi connectivity index (χ2v) is 7.76. The molecule has 5 nitrogen and oxygen atoms in total. The van der Waals surface area contributed by atoms with Crippen molar-refractivity contribution in [1.29, 1.82) is 0 Å². The average molecular weight is 414 g/mol. The van der Waals surface area contributed by atoms with Gasteiger partial charge in [-0.2, -0.15) is 18.3 Å².